The van der Waals surface area contributed by atoms with Crippen LogP contribution in [-0.2, 0) is 14.4 Å². The molecule has 1 rings (SSSR count). The summed E-state index contributed by atoms with van der Waals surface area (Å²) in [5, 5.41) is 19.2. The van der Waals surface area contributed by atoms with Crippen molar-refractivity contribution < 1.29 is 19.5 Å². The molecule has 1 aliphatic heterocycles. The van der Waals surface area contributed by atoms with E-state index in [0.29, 0.717) is 19.4 Å². The Bertz CT molecular complexity index is 418. The summed E-state index contributed by atoms with van der Waals surface area (Å²) in [5.74, 6) is -1.24. The van der Waals surface area contributed by atoms with Gasteiger partial charge >= 0.3 is 5.97 Å². The first-order chi connectivity index (χ1) is 9.49. The fraction of sp³-hybridized carbons (Fsp3) is 0.615. The van der Waals surface area contributed by atoms with Crippen molar-refractivity contribution in [1.82, 2.24) is 9.96 Å². The van der Waals surface area contributed by atoms with Crippen LogP contribution in [0.3, 0.4) is 0 Å². The number of piperidine rings is 1. The van der Waals surface area contributed by atoms with Crippen molar-refractivity contribution in [2.24, 2.45) is 0 Å². The van der Waals surface area contributed by atoms with E-state index < -0.39 is 12.0 Å². The van der Waals surface area contributed by atoms with Crippen molar-refractivity contribution in [2.75, 3.05) is 19.7 Å². The Morgan fingerprint density at radius 1 is 1.60 bits per heavy atom. The van der Waals surface area contributed by atoms with Crippen LogP contribution < -0.4 is 0 Å². The SMILES string of the molecule is C=CCON(C(C)=O)[C@@H]1CC[C@@H](C#N)N(CC(=O)O)C1. The highest BCUT2D eigenvalue weighted by atomic mass is 16.7. The average molecular weight is 281 g/mol. The third kappa shape index (κ3) is 4.33. The lowest BCUT2D eigenvalue weighted by Gasteiger charge is -2.39. The molecule has 1 heterocycles. The topological polar surface area (TPSA) is 93.9 Å². The lowest BCUT2D eigenvalue weighted by atomic mass is 9.98. The summed E-state index contributed by atoms with van der Waals surface area (Å²) in [5.41, 5.74) is 0. The van der Waals surface area contributed by atoms with E-state index in [1.807, 2.05) is 0 Å². The highest BCUT2D eigenvalue weighted by molar-refractivity contribution is 5.72. The zero-order chi connectivity index (χ0) is 15.1. The van der Waals surface area contributed by atoms with Crippen LogP contribution in [0.15, 0.2) is 12.7 Å². The molecule has 1 fully saturated rings. The van der Waals surface area contributed by atoms with Crippen LogP contribution in [0.1, 0.15) is 19.8 Å². The number of hydrogen-bond acceptors (Lipinski definition) is 5. The van der Waals surface area contributed by atoms with Gasteiger partial charge in [-0.1, -0.05) is 6.08 Å². The first kappa shape index (κ1) is 16.1. The molecule has 110 valence electrons. The number of hydroxylamine groups is 2. The van der Waals surface area contributed by atoms with Crippen molar-refractivity contribution in [1.29, 1.82) is 5.26 Å². The summed E-state index contributed by atoms with van der Waals surface area (Å²) < 4.78 is 0. The first-order valence-corrected chi connectivity index (χ1v) is 6.38. The molecule has 1 saturated heterocycles. The largest absolute Gasteiger partial charge is 0.480 e. The molecule has 0 aromatic heterocycles. The normalized spacial score (nSPS) is 22.8. The minimum absolute atomic E-state index is 0.205. The molecular formula is C13H19N3O4. The van der Waals surface area contributed by atoms with E-state index in [9.17, 15) is 9.59 Å². The van der Waals surface area contributed by atoms with Gasteiger partial charge < -0.3 is 5.11 Å². The van der Waals surface area contributed by atoms with Gasteiger partial charge in [-0.05, 0) is 12.8 Å². The van der Waals surface area contributed by atoms with E-state index in [1.54, 1.807) is 4.90 Å². The number of nitrogens with zero attached hydrogens (tertiary/aromatic N) is 3. The molecule has 0 aliphatic carbocycles. The predicted molar refractivity (Wildman–Crippen MR) is 70.3 cm³/mol. The molecule has 1 amide bonds. The molecule has 7 heteroatoms. The molecule has 0 aromatic rings. The van der Waals surface area contributed by atoms with Crippen molar-refractivity contribution >= 4 is 11.9 Å². The number of aliphatic carboxylic acids is 1. The summed E-state index contributed by atoms with van der Waals surface area (Å²) in [6.45, 7) is 5.20. The summed E-state index contributed by atoms with van der Waals surface area (Å²) in [6.07, 6.45) is 2.65. The number of likely N-dealkylation sites (tertiary alicyclic amines) is 1. The van der Waals surface area contributed by atoms with Gasteiger partial charge in [0.15, 0.2) is 0 Å². The smallest absolute Gasteiger partial charge is 0.317 e. The standard InChI is InChI=1S/C13H19N3O4/c1-3-6-20-16(10(2)17)12-5-4-11(7-14)15(8-12)9-13(18)19/h3,11-12H,1,4-6,8-9H2,2H3,(H,18,19)/t11-,12+/m0/s1. The Balaban J connectivity index is 2.75. The second-order valence-electron chi connectivity index (χ2n) is 4.63. The third-order valence-corrected chi connectivity index (χ3v) is 3.12. The molecule has 0 spiro atoms. The van der Waals surface area contributed by atoms with Crippen LogP contribution in [0.25, 0.3) is 0 Å². The number of hydrogen-bond donors (Lipinski definition) is 1. The Labute approximate surface area is 118 Å². The second kappa shape index (κ2) is 7.62. The highest BCUT2D eigenvalue weighted by Gasteiger charge is 2.34. The van der Waals surface area contributed by atoms with Gasteiger partial charge in [-0.15, -0.1) is 6.58 Å². The molecule has 0 unspecified atom stereocenters. The van der Waals surface area contributed by atoms with E-state index in [1.165, 1.54) is 18.1 Å². The Morgan fingerprint density at radius 3 is 2.80 bits per heavy atom. The van der Waals surface area contributed by atoms with Crippen LogP contribution in [0.4, 0.5) is 0 Å². The molecular weight excluding hydrogens is 262 g/mol. The van der Waals surface area contributed by atoms with Gasteiger partial charge in [-0.3, -0.25) is 19.3 Å². The number of carbonyl (C=O) groups excluding carboxylic acids is 1. The minimum Gasteiger partial charge on any atom is -0.480 e. The zero-order valence-corrected chi connectivity index (χ0v) is 11.5. The fourth-order valence-corrected chi connectivity index (χ4v) is 2.29. The van der Waals surface area contributed by atoms with E-state index >= 15 is 0 Å². The van der Waals surface area contributed by atoms with Crippen molar-refractivity contribution in [3.8, 4) is 6.07 Å². The number of rotatable bonds is 6. The van der Waals surface area contributed by atoms with E-state index in [4.69, 9.17) is 15.2 Å². The van der Waals surface area contributed by atoms with Gasteiger partial charge in [-0.2, -0.15) is 5.26 Å². The van der Waals surface area contributed by atoms with Crippen LogP contribution in [0.2, 0.25) is 0 Å². The van der Waals surface area contributed by atoms with Crippen LogP contribution in [0, 0.1) is 11.3 Å². The fourth-order valence-electron chi connectivity index (χ4n) is 2.29. The highest BCUT2D eigenvalue weighted by Crippen LogP contribution is 2.21. The summed E-state index contributed by atoms with van der Waals surface area (Å²) in [6, 6.07) is 1.41. The minimum atomic E-state index is -0.993. The molecule has 20 heavy (non-hydrogen) atoms. The van der Waals surface area contributed by atoms with Gasteiger partial charge in [0.2, 0.25) is 5.91 Å². The average Bonchev–Trinajstić information content (AvgIpc) is 2.38. The van der Waals surface area contributed by atoms with Gasteiger partial charge in [0.1, 0.15) is 0 Å². The van der Waals surface area contributed by atoms with Gasteiger partial charge in [0.25, 0.3) is 0 Å². The van der Waals surface area contributed by atoms with E-state index in [0.717, 1.165) is 0 Å². The predicted octanol–water partition coefficient (Wildman–Crippen LogP) is 0.394. The molecule has 0 bridgehead atoms. The molecule has 2 atom stereocenters. The number of carboxylic acid groups (broad SMARTS) is 1. The van der Waals surface area contributed by atoms with E-state index in [2.05, 4.69) is 12.6 Å². The number of amides is 1. The van der Waals surface area contributed by atoms with Crippen LogP contribution >= 0.6 is 0 Å². The molecule has 7 nitrogen and oxygen atoms in total. The van der Waals surface area contributed by atoms with Crippen molar-refractivity contribution in [3.05, 3.63) is 12.7 Å². The van der Waals surface area contributed by atoms with Crippen LogP contribution in [0.5, 0.6) is 0 Å². The molecule has 1 aliphatic rings. The maximum atomic E-state index is 11.6. The van der Waals surface area contributed by atoms with Crippen LogP contribution in [-0.4, -0.2) is 58.7 Å². The lowest BCUT2D eigenvalue weighted by Crippen LogP contribution is -2.53. The van der Waals surface area contributed by atoms with E-state index in [-0.39, 0.29) is 25.1 Å². The van der Waals surface area contributed by atoms with Gasteiger partial charge in [0, 0.05) is 13.5 Å². The monoisotopic (exact) mass is 281 g/mol. The molecule has 0 aromatic carbocycles. The van der Waals surface area contributed by atoms with Gasteiger partial charge in [-0.25, -0.2) is 5.06 Å². The Hall–Kier alpha value is -1.91. The van der Waals surface area contributed by atoms with Crippen molar-refractivity contribution in [2.45, 2.75) is 31.8 Å². The third-order valence-electron chi connectivity index (χ3n) is 3.12. The Morgan fingerprint density at radius 2 is 2.30 bits per heavy atom. The molecule has 0 radical (unpaired) electrons. The Kier molecular flexibility index (Phi) is 6.15. The quantitative estimate of drug-likeness (QED) is 0.559. The first-order valence-electron chi connectivity index (χ1n) is 6.38. The summed E-state index contributed by atoms with van der Waals surface area (Å²) in [7, 11) is 0. The lowest BCUT2D eigenvalue weighted by molar-refractivity contribution is -0.199. The summed E-state index contributed by atoms with van der Waals surface area (Å²) >= 11 is 0. The number of carboxylic acids is 1. The maximum Gasteiger partial charge on any atom is 0.317 e. The van der Waals surface area contributed by atoms with Gasteiger partial charge in [0.05, 0.1) is 31.3 Å². The number of nitriles is 1. The zero-order valence-electron chi connectivity index (χ0n) is 11.5. The maximum absolute atomic E-state index is 11.6. The summed E-state index contributed by atoms with van der Waals surface area (Å²) in [4.78, 5) is 29.3. The van der Waals surface area contributed by atoms with Crippen molar-refractivity contribution in [3.63, 3.8) is 0 Å². The second-order valence-corrected chi connectivity index (χ2v) is 4.63. The molecule has 0 saturated carbocycles. The number of carbonyl (C=O) groups is 2. The molecule has 1 N–H and O–H groups in total.